The SMILES string of the molecule is O=C(Nc1ncnc(Cl)c1Cl)c1ccc(O)cc1F. The fourth-order valence-electron chi connectivity index (χ4n) is 1.30. The number of carbonyl (C=O) groups excluding carboxylic acids is 1. The van der Waals surface area contributed by atoms with Gasteiger partial charge in [0.25, 0.3) is 5.91 Å². The van der Waals surface area contributed by atoms with Crippen molar-refractivity contribution in [1.29, 1.82) is 0 Å². The van der Waals surface area contributed by atoms with E-state index in [2.05, 4.69) is 15.3 Å². The number of benzene rings is 1. The van der Waals surface area contributed by atoms with E-state index in [1.165, 1.54) is 6.07 Å². The van der Waals surface area contributed by atoms with Gasteiger partial charge in [0.1, 0.15) is 22.9 Å². The van der Waals surface area contributed by atoms with Crippen LogP contribution in [0.1, 0.15) is 10.4 Å². The lowest BCUT2D eigenvalue weighted by atomic mass is 10.2. The summed E-state index contributed by atoms with van der Waals surface area (Å²) >= 11 is 11.4. The number of carbonyl (C=O) groups is 1. The Kier molecular flexibility index (Phi) is 3.82. The van der Waals surface area contributed by atoms with Crippen LogP contribution in [0, 0.1) is 5.82 Å². The van der Waals surface area contributed by atoms with Crippen LogP contribution in [0.15, 0.2) is 24.5 Å². The molecule has 1 aromatic carbocycles. The number of aromatic hydroxyl groups is 1. The van der Waals surface area contributed by atoms with Gasteiger partial charge in [-0.3, -0.25) is 4.79 Å². The molecule has 0 radical (unpaired) electrons. The van der Waals surface area contributed by atoms with Crippen molar-refractivity contribution in [2.75, 3.05) is 5.32 Å². The molecule has 0 saturated carbocycles. The summed E-state index contributed by atoms with van der Waals surface area (Å²) in [6.07, 6.45) is 1.11. The van der Waals surface area contributed by atoms with Gasteiger partial charge in [0.15, 0.2) is 11.0 Å². The summed E-state index contributed by atoms with van der Waals surface area (Å²) in [6.45, 7) is 0. The second kappa shape index (κ2) is 5.38. The third-order valence-electron chi connectivity index (χ3n) is 2.18. The van der Waals surface area contributed by atoms with E-state index in [1.807, 2.05) is 0 Å². The lowest BCUT2D eigenvalue weighted by Crippen LogP contribution is -2.15. The number of rotatable bonds is 2. The molecule has 19 heavy (non-hydrogen) atoms. The summed E-state index contributed by atoms with van der Waals surface area (Å²) in [6, 6.07) is 3.15. The maximum absolute atomic E-state index is 13.5. The normalized spacial score (nSPS) is 10.3. The molecule has 0 aliphatic carbocycles. The third kappa shape index (κ3) is 2.91. The fraction of sp³-hybridized carbons (Fsp3) is 0. The zero-order valence-corrected chi connectivity index (χ0v) is 10.7. The van der Waals surface area contributed by atoms with Crippen LogP contribution in [-0.4, -0.2) is 21.0 Å². The number of halogens is 3. The number of hydrogen-bond acceptors (Lipinski definition) is 4. The highest BCUT2D eigenvalue weighted by Gasteiger charge is 2.15. The number of nitrogens with one attached hydrogen (secondary N) is 1. The Morgan fingerprint density at radius 2 is 2.05 bits per heavy atom. The summed E-state index contributed by atoms with van der Waals surface area (Å²) in [5, 5.41) is 11.3. The molecule has 8 heteroatoms. The molecule has 2 aromatic rings. The molecule has 0 unspecified atom stereocenters. The van der Waals surface area contributed by atoms with Crippen molar-refractivity contribution >= 4 is 34.9 Å². The second-order valence-corrected chi connectivity index (χ2v) is 4.18. The van der Waals surface area contributed by atoms with Gasteiger partial charge in [-0.25, -0.2) is 14.4 Å². The Bertz CT molecular complexity index is 652. The standard InChI is InChI=1S/C11H6Cl2FN3O2/c12-8-9(13)15-4-16-10(8)17-11(19)6-2-1-5(18)3-7(6)14/h1-4,18H,(H,15,16,17,19). The molecule has 0 aliphatic heterocycles. The quantitative estimate of drug-likeness (QED) is 0.836. The summed E-state index contributed by atoms with van der Waals surface area (Å²) in [5.41, 5.74) is -0.261. The maximum Gasteiger partial charge on any atom is 0.259 e. The van der Waals surface area contributed by atoms with Crippen LogP contribution in [-0.2, 0) is 0 Å². The lowest BCUT2D eigenvalue weighted by molar-refractivity contribution is 0.102. The number of phenols is 1. The molecule has 0 bridgehead atoms. The summed E-state index contributed by atoms with van der Waals surface area (Å²) in [4.78, 5) is 19.1. The Labute approximate surface area is 117 Å². The van der Waals surface area contributed by atoms with Gasteiger partial charge in [0.2, 0.25) is 0 Å². The zero-order valence-electron chi connectivity index (χ0n) is 9.19. The lowest BCUT2D eigenvalue weighted by Gasteiger charge is -2.07. The second-order valence-electron chi connectivity index (χ2n) is 3.45. The number of hydrogen-bond donors (Lipinski definition) is 2. The van der Waals surface area contributed by atoms with E-state index in [-0.39, 0.29) is 27.3 Å². The van der Waals surface area contributed by atoms with Crippen molar-refractivity contribution < 1.29 is 14.3 Å². The smallest absolute Gasteiger partial charge is 0.259 e. The van der Waals surface area contributed by atoms with E-state index in [0.717, 1.165) is 18.5 Å². The third-order valence-corrected chi connectivity index (χ3v) is 2.92. The highest BCUT2D eigenvalue weighted by Crippen LogP contribution is 2.26. The van der Waals surface area contributed by atoms with Crippen LogP contribution >= 0.6 is 23.2 Å². The molecule has 98 valence electrons. The molecule has 1 aromatic heterocycles. The number of phenolic OH excluding ortho intramolecular Hbond substituents is 1. The number of aromatic nitrogens is 2. The van der Waals surface area contributed by atoms with Crippen molar-refractivity contribution in [1.82, 2.24) is 9.97 Å². The number of anilines is 1. The van der Waals surface area contributed by atoms with E-state index in [4.69, 9.17) is 28.3 Å². The summed E-state index contributed by atoms with van der Waals surface area (Å²) in [7, 11) is 0. The monoisotopic (exact) mass is 301 g/mol. The van der Waals surface area contributed by atoms with Gasteiger partial charge in [-0.15, -0.1) is 0 Å². The van der Waals surface area contributed by atoms with Crippen molar-refractivity contribution in [2.45, 2.75) is 0 Å². The molecule has 0 saturated heterocycles. The van der Waals surface area contributed by atoms with Gasteiger partial charge in [-0.05, 0) is 12.1 Å². The van der Waals surface area contributed by atoms with Gasteiger partial charge in [0.05, 0.1) is 5.56 Å². The van der Waals surface area contributed by atoms with Gasteiger partial charge < -0.3 is 10.4 Å². The molecule has 0 fully saturated rings. The molecule has 5 nitrogen and oxygen atoms in total. The van der Waals surface area contributed by atoms with Crippen LogP contribution in [0.2, 0.25) is 10.2 Å². The first-order chi connectivity index (χ1) is 8.99. The molecular formula is C11H6Cl2FN3O2. The van der Waals surface area contributed by atoms with Crippen molar-refractivity contribution in [3.63, 3.8) is 0 Å². The first-order valence-corrected chi connectivity index (χ1v) is 5.70. The van der Waals surface area contributed by atoms with Crippen LogP contribution in [0.4, 0.5) is 10.2 Å². The van der Waals surface area contributed by atoms with E-state index in [1.54, 1.807) is 0 Å². The Morgan fingerprint density at radius 3 is 2.74 bits per heavy atom. The molecule has 2 rings (SSSR count). The molecule has 1 heterocycles. The predicted octanol–water partition coefficient (Wildman–Crippen LogP) is 2.88. The minimum absolute atomic E-state index is 0.0286. The highest BCUT2D eigenvalue weighted by molar-refractivity contribution is 6.43. The van der Waals surface area contributed by atoms with Crippen LogP contribution in [0.5, 0.6) is 5.75 Å². The molecule has 1 amide bonds. The van der Waals surface area contributed by atoms with E-state index < -0.39 is 11.7 Å². The topological polar surface area (TPSA) is 75.1 Å². The van der Waals surface area contributed by atoms with E-state index in [0.29, 0.717) is 0 Å². The minimum Gasteiger partial charge on any atom is -0.508 e. The Hall–Kier alpha value is -1.92. The first-order valence-electron chi connectivity index (χ1n) is 4.95. The molecule has 2 N–H and O–H groups in total. The van der Waals surface area contributed by atoms with E-state index in [9.17, 15) is 9.18 Å². The van der Waals surface area contributed by atoms with Crippen LogP contribution in [0.3, 0.4) is 0 Å². The maximum atomic E-state index is 13.5. The average molecular weight is 302 g/mol. The van der Waals surface area contributed by atoms with Gasteiger partial charge in [-0.1, -0.05) is 23.2 Å². The van der Waals surface area contributed by atoms with Crippen molar-refractivity contribution in [2.24, 2.45) is 0 Å². The number of nitrogens with zero attached hydrogens (tertiary/aromatic N) is 2. The number of amides is 1. The predicted molar refractivity (Wildman–Crippen MR) is 68.1 cm³/mol. The van der Waals surface area contributed by atoms with E-state index >= 15 is 0 Å². The van der Waals surface area contributed by atoms with Gasteiger partial charge >= 0.3 is 0 Å². The van der Waals surface area contributed by atoms with Gasteiger partial charge in [-0.2, -0.15) is 0 Å². The van der Waals surface area contributed by atoms with Crippen LogP contribution in [0.25, 0.3) is 0 Å². The van der Waals surface area contributed by atoms with Gasteiger partial charge in [0, 0.05) is 6.07 Å². The molecule has 0 aliphatic rings. The van der Waals surface area contributed by atoms with Crippen molar-refractivity contribution in [3.05, 3.63) is 46.1 Å². The Balaban J connectivity index is 2.28. The fourth-order valence-corrected chi connectivity index (χ4v) is 1.58. The largest absolute Gasteiger partial charge is 0.508 e. The first kappa shape index (κ1) is 13.5. The molecule has 0 atom stereocenters. The average Bonchev–Trinajstić information content (AvgIpc) is 2.34. The Morgan fingerprint density at radius 1 is 1.32 bits per heavy atom. The highest BCUT2D eigenvalue weighted by atomic mass is 35.5. The minimum atomic E-state index is -0.867. The zero-order chi connectivity index (χ0) is 14.0. The summed E-state index contributed by atoms with van der Waals surface area (Å²) in [5.74, 6) is -1.95. The summed E-state index contributed by atoms with van der Waals surface area (Å²) < 4.78 is 13.5. The van der Waals surface area contributed by atoms with Crippen molar-refractivity contribution in [3.8, 4) is 5.75 Å². The molecule has 0 spiro atoms. The molecular weight excluding hydrogens is 296 g/mol. The van der Waals surface area contributed by atoms with Crippen LogP contribution < -0.4 is 5.32 Å².